The molecule has 0 aliphatic rings. The molecule has 28 heavy (non-hydrogen) atoms. The Morgan fingerprint density at radius 1 is 1.14 bits per heavy atom. The summed E-state index contributed by atoms with van der Waals surface area (Å²) in [6, 6.07) is 8.79. The molecule has 0 radical (unpaired) electrons. The highest BCUT2D eigenvalue weighted by molar-refractivity contribution is 5.93. The van der Waals surface area contributed by atoms with Crippen molar-refractivity contribution in [2.24, 2.45) is 0 Å². The van der Waals surface area contributed by atoms with Crippen molar-refractivity contribution in [1.82, 2.24) is 5.32 Å². The highest BCUT2D eigenvalue weighted by atomic mass is 19.1. The van der Waals surface area contributed by atoms with Crippen LogP contribution in [-0.2, 0) is 9.53 Å². The van der Waals surface area contributed by atoms with Crippen LogP contribution in [-0.4, -0.2) is 30.0 Å². The van der Waals surface area contributed by atoms with E-state index in [4.69, 9.17) is 9.47 Å². The Hall–Kier alpha value is -3.49. The minimum absolute atomic E-state index is 0.000430. The lowest BCUT2D eigenvalue weighted by molar-refractivity contribution is -0.385. The van der Waals surface area contributed by atoms with E-state index in [0.29, 0.717) is 5.56 Å². The van der Waals surface area contributed by atoms with Crippen molar-refractivity contribution in [3.8, 4) is 5.75 Å². The summed E-state index contributed by atoms with van der Waals surface area (Å²) in [7, 11) is 1.27. The molecule has 0 aliphatic heterocycles. The predicted octanol–water partition coefficient (Wildman–Crippen LogP) is 3.17. The van der Waals surface area contributed by atoms with Gasteiger partial charge in [-0.25, -0.2) is 9.18 Å². The molecule has 0 spiro atoms. The van der Waals surface area contributed by atoms with Gasteiger partial charge in [-0.05, 0) is 43.7 Å². The van der Waals surface area contributed by atoms with Gasteiger partial charge in [0.2, 0.25) is 0 Å². The molecule has 0 bridgehead atoms. The first-order valence-corrected chi connectivity index (χ1v) is 8.32. The summed E-state index contributed by atoms with van der Waals surface area (Å²) in [6.45, 7) is 3.08. The third-order valence-corrected chi connectivity index (χ3v) is 3.99. The minimum atomic E-state index is -1.14. The van der Waals surface area contributed by atoms with Crippen LogP contribution in [0, 0.1) is 15.9 Å². The van der Waals surface area contributed by atoms with Crippen molar-refractivity contribution in [2.75, 3.05) is 7.11 Å². The molecular weight excluding hydrogens is 371 g/mol. The number of esters is 1. The topological polar surface area (TPSA) is 108 Å². The Kier molecular flexibility index (Phi) is 6.64. The Morgan fingerprint density at radius 3 is 2.36 bits per heavy atom. The number of hydrogen-bond donors (Lipinski definition) is 1. The molecule has 0 heterocycles. The number of benzene rings is 2. The van der Waals surface area contributed by atoms with Gasteiger partial charge in [0.15, 0.2) is 11.9 Å². The van der Waals surface area contributed by atoms with E-state index in [1.54, 1.807) is 6.92 Å². The molecule has 1 amide bonds. The molecule has 1 N–H and O–H groups in total. The summed E-state index contributed by atoms with van der Waals surface area (Å²) in [4.78, 5) is 34.8. The second-order valence-corrected chi connectivity index (χ2v) is 5.97. The summed E-state index contributed by atoms with van der Waals surface area (Å²) in [6.07, 6.45) is -1.14. The van der Waals surface area contributed by atoms with Crippen molar-refractivity contribution in [3.05, 3.63) is 69.5 Å². The van der Waals surface area contributed by atoms with Gasteiger partial charge in [0.05, 0.1) is 23.6 Å². The summed E-state index contributed by atoms with van der Waals surface area (Å²) in [5.74, 6) is -1.84. The van der Waals surface area contributed by atoms with Crippen molar-refractivity contribution < 1.29 is 28.4 Å². The molecule has 9 heteroatoms. The molecule has 148 valence electrons. The van der Waals surface area contributed by atoms with E-state index in [1.165, 1.54) is 50.4 Å². The number of carbonyl (C=O) groups excluding carboxylic acids is 2. The fourth-order valence-corrected chi connectivity index (χ4v) is 2.41. The van der Waals surface area contributed by atoms with Crippen molar-refractivity contribution >= 4 is 17.6 Å². The smallest absolute Gasteiger partial charge is 0.339 e. The highest BCUT2D eigenvalue weighted by Gasteiger charge is 2.23. The molecular formula is C19H19FN2O6. The largest absolute Gasteiger partial charge is 0.490 e. The lowest BCUT2D eigenvalue weighted by Gasteiger charge is -2.18. The Morgan fingerprint density at radius 2 is 1.79 bits per heavy atom. The van der Waals surface area contributed by atoms with Crippen LogP contribution in [0.4, 0.5) is 10.1 Å². The molecule has 0 aliphatic carbocycles. The second kappa shape index (κ2) is 8.94. The van der Waals surface area contributed by atoms with E-state index in [9.17, 15) is 24.1 Å². The Balaban J connectivity index is 2.03. The molecule has 2 aromatic rings. The number of hydrogen-bond acceptors (Lipinski definition) is 6. The normalized spacial score (nSPS) is 12.6. The Labute approximate surface area is 160 Å². The molecule has 0 unspecified atom stereocenters. The number of amides is 1. The van der Waals surface area contributed by atoms with Crippen molar-refractivity contribution in [3.63, 3.8) is 0 Å². The standard InChI is InChI=1S/C19H19FN2O6/c1-11(13-4-7-15(20)8-5-13)21-18(23)12(2)28-19(24)14-6-9-17(27-3)16(10-14)22(25)26/h4-12H,1-3H3,(H,21,23)/t11-,12+/m1/s1. The van der Waals surface area contributed by atoms with Gasteiger partial charge in [-0.1, -0.05) is 12.1 Å². The molecule has 0 fully saturated rings. The quantitative estimate of drug-likeness (QED) is 0.442. The maximum absolute atomic E-state index is 13.0. The summed E-state index contributed by atoms with van der Waals surface area (Å²) in [5.41, 5.74) is 0.205. The Bertz CT molecular complexity index is 884. The number of nitro groups is 1. The maximum atomic E-state index is 13.0. The third kappa shape index (κ3) is 5.03. The summed E-state index contributed by atoms with van der Waals surface area (Å²) in [5, 5.41) is 13.7. The first-order valence-electron chi connectivity index (χ1n) is 8.32. The van der Waals surface area contributed by atoms with Gasteiger partial charge in [0.1, 0.15) is 5.82 Å². The highest BCUT2D eigenvalue weighted by Crippen LogP contribution is 2.28. The number of rotatable bonds is 7. The fourth-order valence-electron chi connectivity index (χ4n) is 2.41. The van der Waals surface area contributed by atoms with Gasteiger partial charge in [0, 0.05) is 6.07 Å². The molecule has 0 saturated carbocycles. The average molecular weight is 390 g/mol. The third-order valence-electron chi connectivity index (χ3n) is 3.99. The van der Waals surface area contributed by atoms with Crippen LogP contribution in [0.5, 0.6) is 5.75 Å². The van der Waals surface area contributed by atoms with Crippen LogP contribution in [0.15, 0.2) is 42.5 Å². The van der Waals surface area contributed by atoms with E-state index < -0.39 is 34.8 Å². The number of halogens is 1. The van der Waals surface area contributed by atoms with Gasteiger partial charge >= 0.3 is 11.7 Å². The maximum Gasteiger partial charge on any atom is 0.339 e. The first-order chi connectivity index (χ1) is 13.2. The molecule has 2 aromatic carbocycles. The number of carbonyl (C=O) groups is 2. The van der Waals surface area contributed by atoms with E-state index in [-0.39, 0.29) is 17.0 Å². The van der Waals surface area contributed by atoms with Gasteiger partial charge in [-0.2, -0.15) is 0 Å². The van der Waals surface area contributed by atoms with Gasteiger partial charge in [0.25, 0.3) is 5.91 Å². The first kappa shape index (κ1) is 20.8. The summed E-state index contributed by atoms with van der Waals surface area (Å²) < 4.78 is 22.9. The van der Waals surface area contributed by atoms with Crippen molar-refractivity contribution in [1.29, 1.82) is 0 Å². The monoisotopic (exact) mass is 390 g/mol. The summed E-state index contributed by atoms with van der Waals surface area (Å²) >= 11 is 0. The van der Waals surface area contributed by atoms with E-state index in [1.807, 2.05) is 0 Å². The predicted molar refractivity (Wildman–Crippen MR) is 97.5 cm³/mol. The van der Waals surface area contributed by atoms with Gasteiger partial charge in [-0.3, -0.25) is 14.9 Å². The van der Waals surface area contributed by atoms with Crippen molar-refractivity contribution in [2.45, 2.75) is 26.0 Å². The lowest BCUT2D eigenvalue weighted by Crippen LogP contribution is -2.37. The van der Waals surface area contributed by atoms with Crippen LogP contribution in [0.2, 0.25) is 0 Å². The van der Waals surface area contributed by atoms with Crippen LogP contribution in [0.25, 0.3) is 0 Å². The average Bonchev–Trinajstić information content (AvgIpc) is 2.67. The van der Waals surface area contributed by atoms with Gasteiger partial charge in [-0.15, -0.1) is 0 Å². The molecule has 0 saturated heterocycles. The molecule has 2 atom stereocenters. The fraction of sp³-hybridized carbons (Fsp3) is 0.263. The van der Waals surface area contributed by atoms with Gasteiger partial charge < -0.3 is 14.8 Å². The molecule has 8 nitrogen and oxygen atoms in total. The molecule has 2 rings (SSSR count). The number of nitrogens with one attached hydrogen (secondary N) is 1. The zero-order chi connectivity index (χ0) is 20.8. The van der Waals surface area contributed by atoms with E-state index in [2.05, 4.69) is 5.32 Å². The van der Waals surface area contributed by atoms with Crippen LogP contribution in [0.1, 0.15) is 35.8 Å². The number of nitro benzene ring substituents is 1. The number of ether oxygens (including phenoxy) is 2. The number of methoxy groups -OCH3 is 1. The lowest BCUT2D eigenvalue weighted by atomic mass is 10.1. The van der Waals surface area contributed by atoms with Crippen LogP contribution < -0.4 is 10.1 Å². The second-order valence-electron chi connectivity index (χ2n) is 5.97. The van der Waals surface area contributed by atoms with E-state index in [0.717, 1.165) is 6.07 Å². The zero-order valence-corrected chi connectivity index (χ0v) is 15.5. The van der Waals surface area contributed by atoms with Crippen LogP contribution in [0.3, 0.4) is 0 Å². The zero-order valence-electron chi connectivity index (χ0n) is 15.5. The number of nitrogens with zero attached hydrogens (tertiary/aromatic N) is 1. The van der Waals surface area contributed by atoms with E-state index >= 15 is 0 Å². The SMILES string of the molecule is COc1ccc(C(=O)O[C@@H](C)C(=O)N[C@H](C)c2ccc(F)cc2)cc1[N+](=O)[O-]. The molecule has 0 aromatic heterocycles. The van der Waals surface area contributed by atoms with Crippen LogP contribution >= 0.6 is 0 Å². The minimum Gasteiger partial charge on any atom is -0.490 e.